The topological polar surface area (TPSA) is 54.5 Å². The van der Waals surface area contributed by atoms with E-state index in [2.05, 4.69) is 10.3 Å². The van der Waals surface area contributed by atoms with Gasteiger partial charge in [-0.15, -0.1) is 0 Å². The first-order valence-electron chi connectivity index (χ1n) is 6.09. The second-order valence-corrected chi connectivity index (χ2v) is 4.25. The van der Waals surface area contributed by atoms with Gasteiger partial charge < -0.3 is 15.0 Å². The van der Waals surface area contributed by atoms with E-state index in [0.29, 0.717) is 25.5 Å². The Bertz CT molecular complexity index is 380. The van der Waals surface area contributed by atoms with Gasteiger partial charge in [0.25, 0.3) is 5.91 Å². The third kappa shape index (κ3) is 5.25. The van der Waals surface area contributed by atoms with Crippen molar-refractivity contribution in [3.63, 3.8) is 0 Å². The van der Waals surface area contributed by atoms with Gasteiger partial charge in [0.15, 0.2) is 0 Å². The van der Waals surface area contributed by atoms with Gasteiger partial charge in [-0.3, -0.25) is 9.78 Å². The van der Waals surface area contributed by atoms with E-state index >= 15 is 0 Å². The molecule has 0 aromatic carbocycles. The normalized spacial score (nSPS) is 10.7. The Morgan fingerprint density at radius 3 is 2.94 bits per heavy atom. The molecule has 0 aliphatic carbocycles. The highest BCUT2D eigenvalue weighted by atomic mass is 16.5. The monoisotopic (exact) mass is 251 g/mol. The largest absolute Gasteiger partial charge is 0.377 e. The minimum Gasteiger partial charge on any atom is -0.377 e. The molecule has 1 heterocycles. The molecule has 5 nitrogen and oxygen atoms in total. The Balaban J connectivity index is 2.51. The fourth-order valence-electron chi connectivity index (χ4n) is 1.39. The van der Waals surface area contributed by atoms with Crippen molar-refractivity contribution in [3.05, 3.63) is 29.6 Å². The second-order valence-electron chi connectivity index (χ2n) is 4.25. The summed E-state index contributed by atoms with van der Waals surface area (Å²) in [7, 11) is 3.93. The zero-order valence-electron chi connectivity index (χ0n) is 11.3. The van der Waals surface area contributed by atoms with Gasteiger partial charge in [0, 0.05) is 25.9 Å². The Hall–Kier alpha value is -1.46. The van der Waals surface area contributed by atoms with Crippen LogP contribution in [0.5, 0.6) is 0 Å². The quantitative estimate of drug-likeness (QED) is 0.782. The Labute approximate surface area is 108 Å². The Kier molecular flexibility index (Phi) is 6.32. The molecule has 1 amide bonds. The molecule has 1 N–H and O–H groups in total. The summed E-state index contributed by atoms with van der Waals surface area (Å²) < 4.78 is 5.30. The number of carbonyl (C=O) groups excluding carboxylic acids is 1. The maximum absolute atomic E-state index is 11.8. The fourth-order valence-corrected chi connectivity index (χ4v) is 1.39. The smallest absolute Gasteiger partial charge is 0.269 e. The number of hydrogen-bond acceptors (Lipinski definition) is 4. The van der Waals surface area contributed by atoms with Crippen LogP contribution in [0.1, 0.15) is 23.0 Å². The summed E-state index contributed by atoms with van der Waals surface area (Å²) >= 11 is 0. The minimum atomic E-state index is -0.143. The number of rotatable bonds is 7. The number of hydrogen-bond donors (Lipinski definition) is 1. The van der Waals surface area contributed by atoms with Crippen molar-refractivity contribution >= 4 is 5.91 Å². The maximum Gasteiger partial charge on any atom is 0.269 e. The van der Waals surface area contributed by atoms with Gasteiger partial charge in [0.05, 0.1) is 6.61 Å². The van der Waals surface area contributed by atoms with Gasteiger partial charge in [0.2, 0.25) is 0 Å². The highest BCUT2D eigenvalue weighted by molar-refractivity contribution is 5.92. The lowest BCUT2D eigenvalue weighted by Gasteiger charge is -2.10. The van der Waals surface area contributed by atoms with Crippen LogP contribution in [0, 0.1) is 0 Å². The van der Waals surface area contributed by atoms with Crippen LogP contribution in [0.4, 0.5) is 0 Å². The van der Waals surface area contributed by atoms with Crippen LogP contribution >= 0.6 is 0 Å². The standard InChI is InChI=1S/C13H21N3O2/c1-4-18-10-11-5-6-14-12(9-11)13(17)15-7-8-16(2)3/h5-6,9H,4,7-8,10H2,1-3H3,(H,15,17). The van der Waals surface area contributed by atoms with Crippen molar-refractivity contribution < 1.29 is 9.53 Å². The molecule has 0 radical (unpaired) electrons. The molecule has 1 rings (SSSR count). The summed E-state index contributed by atoms with van der Waals surface area (Å²) in [6, 6.07) is 3.62. The molecule has 0 aliphatic heterocycles. The Morgan fingerprint density at radius 1 is 1.50 bits per heavy atom. The lowest BCUT2D eigenvalue weighted by atomic mass is 10.2. The summed E-state index contributed by atoms with van der Waals surface area (Å²) in [4.78, 5) is 17.9. The van der Waals surface area contributed by atoms with E-state index in [9.17, 15) is 4.79 Å². The third-order valence-corrected chi connectivity index (χ3v) is 2.37. The molecule has 0 aliphatic rings. The average Bonchev–Trinajstić information content (AvgIpc) is 2.36. The first kappa shape index (κ1) is 14.6. The summed E-state index contributed by atoms with van der Waals surface area (Å²) in [5.41, 5.74) is 1.40. The third-order valence-electron chi connectivity index (χ3n) is 2.37. The summed E-state index contributed by atoms with van der Waals surface area (Å²) in [6.07, 6.45) is 1.63. The van der Waals surface area contributed by atoms with E-state index in [0.717, 1.165) is 12.1 Å². The molecule has 1 aromatic heterocycles. The van der Waals surface area contributed by atoms with Gasteiger partial charge in [-0.2, -0.15) is 0 Å². The molecular weight excluding hydrogens is 230 g/mol. The number of amides is 1. The number of carbonyl (C=O) groups is 1. The van der Waals surface area contributed by atoms with Gasteiger partial charge in [-0.25, -0.2) is 0 Å². The molecule has 18 heavy (non-hydrogen) atoms. The van der Waals surface area contributed by atoms with Crippen LogP contribution in [-0.2, 0) is 11.3 Å². The number of likely N-dealkylation sites (N-methyl/N-ethyl adjacent to an activating group) is 1. The molecule has 0 saturated heterocycles. The predicted molar refractivity (Wildman–Crippen MR) is 70.5 cm³/mol. The van der Waals surface area contributed by atoms with E-state index in [1.165, 1.54) is 0 Å². The van der Waals surface area contributed by atoms with E-state index < -0.39 is 0 Å². The van der Waals surface area contributed by atoms with Crippen molar-refractivity contribution in [3.8, 4) is 0 Å². The van der Waals surface area contributed by atoms with E-state index in [1.54, 1.807) is 12.3 Å². The van der Waals surface area contributed by atoms with Crippen molar-refractivity contribution in [1.82, 2.24) is 15.2 Å². The molecule has 5 heteroatoms. The van der Waals surface area contributed by atoms with Gasteiger partial charge in [-0.05, 0) is 38.7 Å². The van der Waals surface area contributed by atoms with E-state index in [-0.39, 0.29) is 5.91 Å². The van der Waals surface area contributed by atoms with Gasteiger partial charge in [0.1, 0.15) is 5.69 Å². The van der Waals surface area contributed by atoms with Gasteiger partial charge in [-0.1, -0.05) is 0 Å². The molecule has 0 spiro atoms. The first-order chi connectivity index (χ1) is 8.63. The van der Waals surface area contributed by atoms with E-state index in [4.69, 9.17) is 4.74 Å². The Morgan fingerprint density at radius 2 is 2.28 bits per heavy atom. The molecule has 1 aromatic rings. The van der Waals surface area contributed by atoms with Crippen LogP contribution in [0.3, 0.4) is 0 Å². The molecule has 0 saturated carbocycles. The maximum atomic E-state index is 11.8. The van der Waals surface area contributed by atoms with Crippen LogP contribution in [0.15, 0.2) is 18.3 Å². The molecular formula is C13H21N3O2. The zero-order chi connectivity index (χ0) is 13.4. The number of nitrogens with one attached hydrogen (secondary N) is 1. The van der Waals surface area contributed by atoms with Crippen molar-refractivity contribution in [2.24, 2.45) is 0 Å². The summed E-state index contributed by atoms with van der Waals surface area (Å²) in [6.45, 7) is 4.54. The second kappa shape index (κ2) is 7.79. The summed E-state index contributed by atoms with van der Waals surface area (Å²) in [5.74, 6) is -0.143. The first-order valence-corrected chi connectivity index (χ1v) is 6.09. The highest BCUT2D eigenvalue weighted by Gasteiger charge is 2.07. The molecule has 100 valence electrons. The van der Waals surface area contributed by atoms with Crippen LogP contribution in [-0.4, -0.2) is 49.6 Å². The number of ether oxygens (including phenoxy) is 1. The fraction of sp³-hybridized carbons (Fsp3) is 0.538. The SMILES string of the molecule is CCOCc1ccnc(C(=O)NCCN(C)C)c1. The van der Waals surface area contributed by atoms with Gasteiger partial charge >= 0.3 is 0 Å². The molecule has 0 fully saturated rings. The van der Waals surface area contributed by atoms with Crippen molar-refractivity contribution in [1.29, 1.82) is 0 Å². The van der Waals surface area contributed by atoms with Crippen molar-refractivity contribution in [2.75, 3.05) is 33.8 Å². The molecule has 0 atom stereocenters. The lowest BCUT2D eigenvalue weighted by molar-refractivity contribution is 0.0945. The van der Waals surface area contributed by atoms with Crippen LogP contribution in [0.25, 0.3) is 0 Å². The van der Waals surface area contributed by atoms with E-state index in [1.807, 2.05) is 32.0 Å². The number of nitrogens with zero attached hydrogens (tertiary/aromatic N) is 2. The lowest BCUT2D eigenvalue weighted by Crippen LogP contribution is -2.31. The number of pyridine rings is 1. The average molecular weight is 251 g/mol. The minimum absolute atomic E-state index is 0.143. The number of aromatic nitrogens is 1. The molecule has 0 bridgehead atoms. The van der Waals surface area contributed by atoms with Crippen LogP contribution in [0.2, 0.25) is 0 Å². The zero-order valence-corrected chi connectivity index (χ0v) is 11.3. The molecule has 0 unspecified atom stereocenters. The highest BCUT2D eigenvalue weighted by Crippen LogP contribution is 2.03. The van der Waals surface area contributed by atoms with Crippen LogP contribution < -0.4 is 5.32 Å². The van der Waals surface area contributed by atoms with Crippen molar-refractivity contribution in [2.45, 2.75) is 13.5 Å². The summed E-state index contributed by atoms with van der Waals surface area (Å²) in [5, 5.41) is 2.83. The predicted octanol–water partition coefficient (Wildman–Crippen LogP) is 0.909.